The van der Waals surface area contributed by atoms with E-state index in [1.807, 2.05) is 40.7 Å². The molecule has 27 heavy (non-hydrogen) atoms. The second-order valence-corrected chi connectivity index (χ2v) is 6.84. The minimum absolute atomic E-state index is 0.613. The van der Waals surface area contributed by atoms with Crippen molar-refractivity contribution in [1.29, 1.82) is 0 Å². The number of hydrogen-bond donors (Lipinski definition) is 0. The summed E-state index contributed by atoms with van der Waals surface area (Å²) in [6, 6.07) is 7.74. The van der Waals surface area contributed by atoms with E-state index in [2.05, 4.69) is 29.8 Å². The van der Waals surface area contributed by atoms with Crippen molar-refractivity contribution in [1.82, 2.24) is 14.4 Å². The van der Waals surface area contributed by atoms with E-state index in [0.717, 1.165) is 49.0 Å². The monoisotopic (exact) mass is 387 g/mol. The summed E-state index contributed by atoms with van der Waals surface area (Å²) in [4.78, 5) is 13.5. The SMILES string of the molecule is CCCN(CCC)c1cc(N(C)c2ccc(OC)cc2Cl)nc2nccn12. The van der Waals surface area contributed by atoms with Crippen molar-refractivity contribution >= 4 is 34.7 Å². The Labute approximate surface area is 165 Å². The summed E-state index contributed by atoms with van der Waals surface area (Å²) in [6.45, 7) is 6.35. The number of hydrogen-bond acceptors (Lipinski definition) is 5. The molecule has 0 aliphatic rings. The minimum atomic E-state index is 0.613. The first kappa shape index (κ1) is 19.3. The number of fused-ring (bicyclic) bond motifs is 1. The van der Waals surface area contributed by atoms with Crippen LogP contribution in [0.3, 0.4) is 0 Å². The topological polar surface area (TPSA) is 45.9 Å². The number of nitrogens with zero attached hydrogens (tertiary/aromatic N) is 5. The van der Waals surface area contributed by atoms with Gasteiger partial charge in [0.25, 0.3) is 0 Å². The third-order valence-electron chi connectivity index (χ3n) is 4.51. The molecule has 0 amide bonds. The number of ether oxygens (including phenoxy) is 1. The zero-order chi connectivity index (χ0) is 19.4. The van der Waals surface area contributed by atoms with Crippen LogP contribution in [0.2, 0.25) is 5.02 Å². The van der Waals surface area contributed by atoms with E-state index in [9.17, 15) is 0 Å². The maximum absolute atomic E-state index is 6.47. The van der Waals surface area contributed by atoms with Gasteiger partial charge in [0, 0.05) is 44.7 Å². The fourth-order valence-electron chi connectivity index (χ4n) is 3.18. The lowest BCUT2D eigenvalue weighted by Gasteiger charge is -2.27. The Hall–Kier alpha value is -2.47. The molecule has 0 fully saturated rings. The van der Waals surface area contributed by atoms with Gasteiger partial charge in [-0.2, -0.15) is 4.98 Å². The Morgan fingerprint density at radius 3 is 2.52 bits per heavy atom. The van der Waals surface area contributed by atoms with E-state index in [1.165, 1.54) is 0 Å². The lowest BCUT2D eigenvalue weighted by atomic mass is 10.2. The van der Waals surface area contributed by atoms with Crippen molar-refractivity contribution in [2.24, 2.45) is 0 Å². The molecule has 7 heteroatoms. The van der Waals surface area contributed by atoms with Gasteiger partial charge in [-0.25, -0.2) is 4.98 Å². The third-order valence-corrected chi connectivity index (χ3v) is 4.81. The largest absolute Gasteiger partial charge is 0.497 e. The third kappa shape index (κ3) is 3.95. The molecule has 0 aliphatic heterocycles. The van der Waals surface area contributed by atoms with Crippen LogP contribution >= 0.6 is 11.6 Å². The van der Waals surface area contributed by atoms with Crippen molar-refractivity contribution < 1.29 is 4.74 Å². The molecule has 2 heterocycles. The zero-order valence-corrected chi connectivity index (χ0v) is 17.1. The molecule has 0 bridgehead atoms. The van der Waals surface area contributed by atoms with Crippen LogP contribution in [0, 0.1) is 0 Å². The summed E-state index contributed by atoms with van der Waals surface area (Å²) >= 11 is 6.47. The van der Waals surface area contributed by atoms with Gasteiger partial charge in [-0.15, -0.1) is 0 Å². The van der Waals surface area contributed by atoms with Crippen molar-refractivity contribution in [3.05, 3.63) is 41.7 Å². The van der Waals surface area contributed by atoms with Gasteiger partial charge in [0.05, 0.1) is 17.8 Å². The molecule has 1 aromatic carbocycles. The molecule has 3 aromatic rings. The second kappa shape index (κ2) is 8.48. The van der Waals surface area contributed by atoms with E-state index < -0.39 is 0 Å². The van der Waals surface area contributed by atoms with Crippen LogP contribution < -0.4 is 14.5 Å². The van der Waals surface area contributed by atoms with E-state index in [-0.39, 0.29) is 0 Å². The molecule has 0 saturated carbocycles. The second-order valence-electron chi connectivity index (χ2n) is 6.43. The summed E-state index contributed by atoms with van der Waals surface area (Å²) < 4.78 is 7.29. The van der Waals surface area contributed by atoms with Crippen molar-refractivity contribution in [3.8, 4) is 5.75 Å². The maximum atomic E-state index is 6.47. The predicted octanol–water partition coefficient (Wildman–Crippen LogP) is 4.79. The number of halogens is 1. The highest BCUT2D eigenvalue weighted by Crippen LogP contribution is 2.34. The number of anilines is 3. The van der Waals surface area contributed by atoms with Gasteiger partial charge < -0.3 is 14.5 Å². The predicted molar refractivity (Wildman–Crippen MR) is 112 cm³/mol. The summed E-state index contributed by atoms with van der Waals surface area (Å²) in [7, 11) is 3.59. The van der Waals surface area contributed by atoms with Gasteiger partial charge in [0.1, 0.15) is 17.4 Å². The number of aromatic nitrogens is 3. The normalized spacial score (nSPS) is 11.0. The van der Waals surface area contributed by atoms with Crippen LogP contribution in [-0.2, 0) is 0 Å². The first-order valence-corrected chi connectivity index (χ1v) is 9.63. The molecule has 144 valence electrons. The molecule has 0 atom stereocenters. The average Bonchev–Trinajstić information content (AvgIpc) is 3.15. The van der Waals surface area contributed by atoms with Crippen molar-refractivity contribution in [2.45, 2.75) is 26.7 Å². The van der Waals surface area contributed by atoms with Crippen LogP contribution in [0.5, 0.6) is 5.75 Å². The number of imidazole rings is 1. The Kier molecular flexibility index (Phi) is 6.06. The van der Waals surface area contributed by atoms with E-state index >= 15 is 0 Å². The van der Waals surface area contributed by atoms with Crippen molar-refractivity contribution in [2.75, 3.05) is 37.0 Å². The Morgan fingerprint density at radius 2 is 1.89 bits per heavy atom. The number of rotatable bonds is 8. The standard InChI is InChI=1S/C20H26ClN5O/c1-5-10-25(11-6-2)19-14-18(23-20-22-9-12-26(19)20)24(3)17-8-7-15(27-4)13-16(17)21/h7-9,12-14H,5-6,10-11H2,1-4H3. The van der Waals surface area contributed by atoms with E-state index in [1.54, 1.807) is 13.3 Å². The molecule has 0 aliphatic carbocycles. The smallest absolute Gasteiger partial charge is 0.237 e. The van der Waals surface area contributed by atoms with Crippen LogP contribution in [-0.4, -0.2) is 41.6 Å². The Bertz CT molecular complexity index is 905. The van der Waals surface area contributed by atoms with Crippen molar-refractivity contribution in [3.63, 3.8) is 0 Å². The molecule has 0 radical (unpaired) electrons. The van der Waals surface area contributed by atoms with Gasteiger partial charge in [0.15, 0.2) is 0 Å². The highest BCUT2D eigenvalue weighted by molar-refractivity contribution is 6.33. The zero-order valence-electron chi connectivity index (χ0n) is 16.3. The summed E-state index contributed by atoms with van der Waals surface area (Å²) in [5.74, 6) is 3.29. The average molecular weight is 388 g/mol. The fourth-order valence-corrected chi connectivity index (χ4v) is 3.48. The summed E-state index contributed by atoms with van der Waals surface area (Å²) in [5, 5.41) is 0.613. The first-order chi connectivity index (χ1) is 13.1. The molecule has 6 nitrogen and oxygen atoms in total. The fraction of sp³-hybridized carbons (Fsp3) is 0.400. The Morgan fingerprint density at radius 1 is 1.15 bits per heavy atom. The lowest BCUT2D eigenvalue weighted by molar-refractivity contribution is 0.415. The highest BCUT2D eigenvalue weighted by Gasteiger charge is 2.17. The quantitative estimate of drug-likeness (QED) is 0.556. The van der Waals surface area contributed by atoms with Gasteiger partial charge in [0.2, 0.25) is 5.78 Å². The van der Waals surface area contributed by atoms with Gasteiger partial charge >= 0.3 is 0 Å². The molecule has 3 rings (SSSR count). The molecular formula is C20H26ClN5O. The van der Waals surface area contributed by atoms with E-state index in [4.69, 9.17) is 21.3 Å². The Balaban J connectivity index is 2.06. The lowest BCUT2D eigenvalue weighted by Crippen LogP contribution is -2.27. The van der Waals surface area contributed by atoms with Gasteiger partial charge in [-0.05, 0) is 25.0 Å². The summed E-state index contributed by atoms with van der Waals surface area (Å²) in [6.07, 6.45) is 5.90. The minimum Gasteiger partial charge on any atom is -0.497 e. The number of benzene rings is 1. The molecular weight excluding hydrogens is 362 g/mol. The highest BCUT2D eigenvalue weighted by atomic mass is 35.5. The molecule has 0 saturated heterocycles. The maximum Gasteiger partial charge on any atom is 0.237 e. The van der Waals surface area contributed by atoms with Crippen LogP contribution in [0.15, 0.2) is 36.7 Å². The van der Waals surface area contributed by atoms with Crippen LogP contribution in [0.1, 0.15) is 26.7 Å². The summed E-state index contributed by atoms with van der Waals surface area (Å²) in [5.41, 5.74) is 0.865. The van der Waals surface area contributed by atoms with Gasteiger partial charge in [-0.3, -0.25) is 4.40 Å². The van der Waals surface area contributed by atoms with Gasteiger partial charge in [-0.1, -0.05) is 25.4 Å². The first-order valence-electron chi connectivity index (χ1n) is 9.25. The molecule has 0 N–H and O–H groups in total. The molecule has 0 spiro atoms. The van der Waals surface area contributed by atoms with Crippen LogP contribution in [0.4, 0.5) is 17.3 Å². The molecule has 0 unspecified atom stereocenters. The van der Waals surface area contributed by atoms with Crippen LogP contribution in [0.25, 0.3) is 5.78 Å². The van der Waals surface area contributed by atoms with E-state index in [0.29, 0.717) is 10.8 Å². The number of methoxy groups -OCH3 is 1. The molecule has 2 aromatic heterocycles.